The number of nitrogens with zero attached hydrogens (tertiary/aromatic N) is 1. The van der Waals surface area contributed by atoms with Gasteiger partial charge < -0.3 is 4.74 Å². The van der Waals surface area contributed by atoms with E-state index in [4.69, 9.17) is 4.74 Å². The maximum atomic E-state index is 11.2. The quantitative estimate of drug-likeness (QED) is 0.494. The number of carbonyl (C=O) groups is 1. The molecule has 0 aliphatic carbocycles. The highest BCUT2D eigenvalue weighted by Crippen LogP contribution is 2.12. The Morgan fingerprint density at radius 3 is 3.07 bits per heavy atom. The number of rotatable bonds is 6. The SMILES string of the molecule is C=CCCOCCN1CCC(=O)CC1C. The van der Waals surface area contributed by atoms with Crippen molar-refractivity contribution in [3.8, 4) is 0 Å². The number of ether oxygens (including phenoxy) is 1. The van der Waals surface area contributed by atoms with Gasteiger partial charge in [-0.15, -0.1) is 6.58 Å². The van der Waals surface area contributed by atoms with Gasteiger partial charge in [0.1, 0.15) is 5.78 Å². The molecule has 1 saturated heterocycles. The highest BCUT2D eigenvalue weighted by Gasteiger charge is 2.22. The second-order valence-electron chi connectivity index (χ2n) is 4.07. The number of hydrogen-bond acceptors (Lipinski definition) is 3. The Kier molecular flexibility index (Phi) is 5.58. The minimum Gasteiger partial charge on any atom is -0.380 e. The molecule has 1 atom stereocenters. The first-order chi connectivity index (χ1) is 7.24. The maximum absolute atomic E-state index is 11.2. The third-order valence-electron chi connectivity index (χ3n) is 2.81. The number of Topliss-reactive ketones (excluding diaryl/α,β-unsaturated/α-hetero) is 1. The van der Waals surface area contributed by atoms with Gasteiger partial charge in [0.2, 0.25) is 0 Å². The summed E-state index contributed by atoms with van der Waals surface area (Å²) in [4.78, 5) is 13.5. The van der Waals surface area contributed by atoms with Crippen molar-refractivity contribution in [1.82, 2.24) is 4.90 Å². The molecular formula is C12H21NO2. The lowest BCUT2D eigenvalue weighted by Crippen LogP contribution is -2.42. The molecule has 1 unspecified atom stereocenters. The van der Waals surface area contributed by atoms with Gasteiger partial charge in [0.25, 0.3) is 0 Å². The summed E-state index contributed by atoms with van der Waals surface area (Å²) in [6.45, 7) is 9.09. The molecule has 1 aliphatic heterocycles. The fourth-order valence-electron chi connectivity index (χ4n) is 1.83. The predicted molar refractivity (Wildman–Crippen MR) is 60.9 cm³/mol. The molecule has 0 saturated carbocycles. The standard InChI is InChI=1S/C12H21NO2/c1-3-4-8-15-9-7-13-6-5-12(14)10-11(13)2/h3,11H,1,4-10H2,2H3. The molecule has 0 radical (unpaired) electrons. The molecule has 3 heteroatoms. The number of piperidine rings is 1. The van der Waals surface area contributed by atoms with Crippen molar-refractivity contribution in [2.75, 3.05) is 26.3 Å². The van der Waals surface area contributed by atoms with Crippen LogP contribution in [0, 0.1) is 0 Å². The minimum absolute atomic E-state index is 0.384. The molecule has 15 heavy (non-hydrogen) atoms. The van der Waals surface area contributed by atoms with Crippen LogP contribution in [-0.4, -0.2) is 43.0 Å². The van der Waals surface area contributed by atoms with E-state index >= 15 is 0 Å². The van der Waals surface area contributed by atoms with Crippen molar-refractivity contribution in [3.05, 3.63) is 12.7 Å². The van der Waals surface area contributed by atoms with Gasteiger partial charge in [-0.2, -0.15) is 0 Å². The van der Waals surface area contributed by atoms with Gasteiger partial charge in [-0.25, -0.2) is 0 Å². The van der Waals surface area contributed by atoms with E-state index in [-0.39, 0.29) is 0 Å². The molecule has 0 amide bonds. The van der Waals surface area contributed by atoms with E-state index in [1.165, 1.54) is 0 Å². The van der Waals surface area contributed by atoms with Crippen LogP contribution in [-0.2, 0) is 9.53 Å². The molecule has 0 N–H and O–H groups in total. The van der Waals surface area contributed by atoms with E-state index < -0.39 is 0 Å². The van der Waals surface area contributed by atoms with Gasteiger partial charge in [0.15, 0.2) is 0 Å². The molecule has 0 bridgehead atoms. The monoisotopic (exact) mass is 211 g/mol. The van der Waals surface area contributed by atoms with E-state index in [2.05, 4.69) is 18.4 Å². The summed E-state index contributed by atoms with van der Waals surface area (Å²) < 4.78 is 5.45. The fourth-order valence-corrected chi connectivity index (χ4v) is 1.83. The van der Waals surface area contributed by atoms with Gasteiger partial charge in [-0.05, 0) is 13.3 Å². The first kappa shape index (κ1) is 12.4. The number of carbonyl (C=O) groups excluding carboxylic acids is 1. The minimum atomic E-state index is 0.384. The maximum Gasteiger partial charge on any atom is 0.135 e. The van der Waals surface area contributed by atoms with E-state index in [0.29, 0.717) is 24.7 Å². The third kappa shape index (κ3) is 4.58. The summed E-state index contributed by atoms with van der Waals surface area (Å²) in [7, 11) is 0. The second kappa shape index (κ2) is 6.75. The van der Waals surface area contributed by atoms with Gasteiger partial charge in [0, 0.05) is 32.0 Å². The summed E-state index contributed by atoms with van der Waals surface area (Å²) >= 11 is 0. The zero-order chi connectivity index (χ0) is 11.1. The first-order valence-corrected chi connectivity index (χ1v) is 5.68. The average Bonchev–Trinajstić information content (AvgIpc) is 2.20. The normalized spacial score (nSPS) is 23.0. The highest BCUT2D eigenvalue weighted by atomic mass is 16.5. The van der Waals surface area contributed by atoms with Crippen LogP contribution in [0.2, 0.25) is 0 Å². The molecule has 0 spiro atoms. The van der Waals surface area contributed by atoms with E-state index in [1.54, 1.807) is 0 Å². The molecule has 86 valence electrons. The molecule has 0 aromatic rings. The number of hydrogen-bond donors (Lipinski definition) is 0. The van der Waals surface area contributed by atoms with Gasteiger partial charge in [0.05, 0.1) is 13.2 Å². The van der Waals surface area contributed by atoms with Crippen molar-refractivity contribution in [3.63, 3.8) is 0 Å². The predicted octanol–water partition coefficient (Wildman–Crippen LogP) is 1.63. The Labute approximate surface area is 92.1 Å². The van der Waals surface area contributed by atoms with Crippen LogP contribution in [0.3, 0.4) is 0 Å². The van der Waals surface area contributed by atoms with Crippen LogP contribution >= 0.6 is 0 Å². The van der Waals surface area contributed by atoms with E-state index in [0.717, 1.165) is 32.7 Å². The van der Waals surface area contributed by atoms with E-state index in [1.807, 2.05) is 6.08 Å². The van der Waals surface area contributed by atoms with Crippen molar-refractivity contribution < 1.29 is 9.53 Å². The Hall–Kier alpha value is -0.670. The molecular weight excluding hydrogens is 190 g/mol. The summed E-state index contributed by atoms with van der Waals surface area (Å²) in [6.07, 6.45) is 4.18. The lowest BCUT2D eigenvalue weighted by atomic mass is 10.0. The van der Waals surface area contributed by atoms with Crippen LogP contribution in [0.15, 0.2) is 12.7 Å². The Morgan fingerprint density at radius 2 is 2.40 bits per heavy atom. The molecule has 1 aliphatic rings. The smallest absolute Gasteiger partial charge is 0.135 e. The summed E-state index contributed by atoms with van der Waals surface area (Å²) in [6, 6.07) is 0.384. The van der Waals surface area contributed by atoms with Gasteiger partial charge in [-0.1, -0.05) is 6.08 Å². The topological polar surface area (TPSA) is 29.5 Å². The summed E-state index contributed by atoms with van der Waals surface area (Å²) in [5.74, 6) is 0.395. The largest absolute Gasteiger partial charge is 0.380 e. The van der Waals surface area contributed by atoms with Crippen molar-refractivity contribution in [1.29, 1.82) is 0 Å². The van der Waals surface area contributed by atoms with Crippen molar-refractivity contribution in [2.24, 2.45) is 0 Å². The van der Waals surface area contributed by atoms with E-state index in [9.17, 15) is 4.79 Å². The highest BCUT2D eigenvalue weighted by molar-refractivity contribution is 5.79. The molecule has 1 rings (SSSR count). The number of likely N-dealkylation sites (tertiary alicyclic amines) is 1. The zero-order valence-electron chi connectivity index (χ0n) is 9.58. The van der Waals surface area contributed by atoms with Crippen LogP contribution in [0.5, 0.6) is 0 Å². The zero-order valence-corrected chi connectivity index (χ0v) is 9.58. The fraction of sp³-hybridized carbons (Fsp3) is 0.750. The Morgan fingerprint density at radius 1 is 1.60 bits per heavy atom. The number of ketones is 1. The molecule has 0 aromatic heterocycles. The molecule has 3 nitrogen and oxygen atoms in total. The molecule has 1 fully saturated rings. The van der Waals surface area contributed by atoms with Crippen LogP contribution < -0.4 is 0 Å². The van der Waals surface area contributed by atoms with Gasteiger partial charge in [-0.3, -0.25) is 9.69 Å². The molecule has 0 aromatic carbocycles. The molecule has 1 heterocycles. The van der Waals surface area contributed by atoms with Crippen LogP contribution in [0.4, 0.5) is 0 Å². The third-order valence-corrected chi connectivity index (χ3v) is 2.81. The average molecular weight is 211 g/mol. The van der Waals surface area contributed by atoms with Crippen molar-refractivity contribution >= 4 is 5.78 Å². The Balaban J connectivity index is 2.10. The Bertz CT molecular complexity index is 216. The first-order valence-electron chi connectivity index (χ1n) is 5.68. The van der Waals surface area contributed by atoms with Crippen LogP contribution in [0.1, 0.15) is 26.2 Å². The lowest BCUT2D eigenvalue weighted by Gasteiger charge is -2.32. The van der Waals surface area contributed by atoms with Gasteiger partial charge >= 0.3 is 0 Å². The van der Waals surface area contributed by atoms with Crippen molar-refractivity contribution in [2.45, 2.75) is 32.2 Å². The lowest BCUT2D eigenvalue weighted by molar-refractivity contribution is -0.123. The second-order valence-corrected chi connectivity index (χ2v) is 4.07. The summed E-state index contributed by atoms with van der Waals surface area (Å²) in [5.41, 5.74) is 0. The van der Waals surface area contributed by atoms with Crippen LogP contribution in [0.25, 0.3) is 0 Å². The summed E-state index contributed by atoms with van der Waals surface area (Å²) in [5, 5.41) is 0.